The van der Waals surface area contributed by atoms with Crippen molar-refractivity contribution >= 4 is 0 Å². The normalized spacial score (nSPS) is 10.4. The van der Waals surface area contributed by atoms with Gasteiger partial charge in [0.05, 0.1) is 0 Å². The summed E-state index contributed by atoms with van der Waals surface area (Å²) in [5.41, 5.74) is 8.15. The highest BCUT2D eigenvalue weighted by Crippen LogP contribution is 2.17. The number of nitrogens with two attached hydrogens (primary N) is 1. The van der Waals surface area contributed by atoms with Gasteiger partial charge in [0.2, 0.25) is 0 Å². The second-order valence-electron chi connectivity index (χ2n) is 4.24. The first-order valence-electron chi connectivity index (χ1n) is 5.86. The first-order chi connectivity index (χ1) is 8.69. The molecule has 0 aliphatic heterocycles. The second-order valence-corrected chi connectivity index (χ2v) is 4.24. The summed E-state index contributed by atoms with van der Waals surface area (Å²) in [6.07, 6.45) is 0. The molecule has 0 unspecified atom stereocenters. The first kappa shape index (κ1) is 12.6. The lowest BCUT2D eigenvalue weighted by Gasteiger charge is -2.08. The van der Waals surface area contributed by atoms with Crippen molar-refractivity contribution in [1.29, 1.82) is 0 Å². The van der Waals surface area contributed by atoms with E-state index >= 15 is 0 Å². The van der Waals surface area contributed by atoms with E-state index < -0.39 is 0 Å². The molecule has 18 heavy (non-hydrogen) atoms. The van der Waals surface area contributed by atoms with E-state index in [4.69, 9.17) is 10.5 Å². The van der Waals surface area contributed by atoms with Gasteiger partial charge in [0.15, 0.2) is 0 Å². The molecule has 3 heteroatoms. The maximum Gasteiger partial charge on any atom is 0.131 e. The molecule has 0 saturated carbocycles. The van der Waals surface area contributed by atoms with Gasteiger partial charge in [0, 0.05) is 18.2 Å². The average Bonchev–Trinajstić information content (AvgIpc) is 2.37. The van der Waals surface area contributed by atoms with Gasteiger partial charge in [-0.3, -0.25) is 0 Å². The van der Waals surface area contributed by atoms with Gasteiger partial charge in [-0.2, -0.15) is 0 Å². The van der Waals surface area contributed by atoms with Crippen LogP contribution in [0.4, 0.5) is 4.39 Å². The molecule has 94 valence electrons. The molecule has 0 aliphatic rings. The molecule has 2 aromatic carbocycles. The molecule has 0 amide bonds. The lowest BCUT2D eigenvalue weighted by Crippen LogP contribution is -2.01. The molecular weight excluding hydrogens is 229 g/mol. The van der Waals surface area contributed by atoms with Gasteiger partial charge in [-0.25, -0.2) is 4.39 Å². The molecule has 2 nitrogen and oxygen atoms in total. The van der Waals surface area contributed by atoms with Gasteiger partial charge in [-0.1, -0.05) is 35.9 Å². The van der Waals surface area contributed by atoms with Gasteiger partial charge >= 0.3 is 0 Å². The fourth-order valence-corrected chi connectivity index (χ4v) is 1.75. The number of hydrogen-bond donors (Lipinski definition) is 1. The van der Waals surface area contributed by atoms with E-state index in [1.165, 1.54) is 11.6 Å². The molecule has 2 N–H and O–H groups in total. The number of benzene rings is 2. The highest BCUT2D eigenvalue weighted by Gasteiger charge is 2.03. The molecule has 2 rings (SSSR count). The number of ether oxygens (including phenoxy) is 1. The predicted octanol–water partition coefficient (Wildman–Crippen LogP) is 3.17. The van der Waals surface area contributed by atoms with Crippen molar-refractivity contribution in [2.24, 2.45) is 5.73 Å². The average molecular weight is 245 g/mol. The first-order valence-corrected chi connectivity index (χ1v) is 5.86. The molecule has 0 saturated heterocycles. The molecule has 0 spiro atoms. The van der Waals surface area contributed by atoms with Crippen molar-refractivity contribution in [2.45, 2.75) is 20.1 Å². The van der Waals surface area contributed by atoms with Crippen molar-refractivity contribution in [1.82, 2.24) is 0 Å². The maximum atomic E-state index is 13.5. The Labute approximate surface area is 106 Å². The van der Waals surface area contributed by atoms with Crippen molar-refractivity contribution < 1.29 is 9.13 Å². The number of halogens is 1. The molecule has 0 heterocycles. The van der Waals surface area contributed by atoms with Gasteiger partial charge < -0.3 is 10.5 Å². The zero-order valence-corrected chi connectivity index (χ0v) is 10.3. The van der Waals surface area contributed by atoms with E-state index in [1.807, 2.05) is 31.2 Å². The number of rotatable bonds is 4. The van der Waals surface area contributed by atoms with Crippen LogP contribution >= 0.6 is 0 Å². The van der Waals surface area contributed by atoms with E-state index in [2.05, 4.69) is 0 Å². The SMILES string of the molecule is Cc1cccc(COc2ccc(CN)c(F)c2)c1. The topological polar surface area (TPSA) is 35.2 Å². The molecule has 0 aromatic heterocycles. The monoisotopic (exact) mass is 245 g/mol. The van der Waals surface area contributed by atoms with Crippen LogP contribution in [-0.4, -0.2) is 0 Å². The standard InChI is InChI=1S/C15H16FNO/c1-11-3-2-4-12(7-11)10-18-14-6-5-13(9-17)15(16)8-14/h2-8H,9-10,17H2,1H3. The molecule has 0 radical (unpaired) electrons. The Balaban J connectivity index is 2.04. The van der Waals surface area contributed by atoms with Crippen LogP contribution < -0.4 is 10.5 Å². The van der Waals surface area contributed by atoms with Crippen LogP contribution in [0.15, 0.2) is 42.5 Å². The highest BCUT2D eigenvalue weighted by atomic mass is 19.1. The summed E-state index contributed by atoms with van der Waals surface area (Å²) in [5.74, 6) is 0.199. The fourth-order valence-electron chi connectivity index (χ4n) is 1.75. The molecule has 2 aromatic rings. The Kier molecular flexibility index (Phi) is 3.95. The second kappa shape index (κ2) is 5.65. The van der Waals surface area contributed by atoms with Crippen LogP contribution in [0.2, 0.25) is 0 Å². The molecule has 0 fully saturated rings. The van der Waals surface area contributed by atoms with Crippen LogP contribution in [0.1, 0.15) is 16.7 Å². The van der Waals surface area contributed by atoms with Gasteiger partial charge in [0.1, 0.15) is 18.2 Å². The Morgan fingerprint density at radius 2 is 2.00 bits per heavy atom. The minimum Gasteiger partial charge on any atom is -0.489 e. The van der Waals surface area contributed by atoms with Crippen molar-refractivity contribution in [2.75, 3.05) is 0 Å². The van der Waals surface area contributed by atoms with Crippen LogP contribution in [0, 0.1) is 12.7 Å². The molecular formula is C15H16FNO. The van der Waals surface area contributed by atoms with Gasteiger partial charge in [-0.15, -0.1) is 0 Å². The van der Waals surface area contributed by atoms with Crippen LogP contribution in [0.3, 0.4) is 0 Å². The third-order valence-electron chi connectivity index (χ3n) is 2.73. The van der Waals surface area contributed by atoms with Gasteiger partial charge in [0.25, 0.3) is 0 Å². The van der Waals surface area contributed by atoms with Crippen molar-refractivity contribution in [3.63, 3.8) is 0 Å². The van der Waals surface area contributed by atoms with E-state index in [9.17, 15) is 4.39 Å². The smallest absolute Gasteiger partial charge is 0.131 e. The quantitative estimate of drug-likeness (QED) is 0.898. The van der Waals surface area contributed by atoms with Crippen LogP contribution in [0.5, 0.6) is 5.75 Å². The van der Waals surface area contributed by atoms with Crippen LogP contribution in [0.25, 0.3) is 0 Å². The Morgan fingerprint density at radius 1 is 1.17 bits per heavy atom. The van der Waals surface area contributed by atoms with E-state index in [1.54, 1.807) is 12.1 Å². The summed E-state index contributed by atoms with van der Waals surface area (Å²) in [4.78, 5) is 0. The van der Waals surface area contributed by atoms with E-state index in [0.717, 1.165) is 5.56 Å². The lowest BCUT2D eigenvalue weighted by atomic mass is 10.1. The lowest BCUT2D eigenvalue weighted by molar-refractivity contribution is 0.304. The molecule has 0 aliphatic carbocycles. The minimum atomic E-state index is -0.320. The Bertz CT molecular complexity index is 540. The minimum absolute atomic E-state index is 0.198. The highest BCUT2D eigenvalue weighted by molar-refractivity contribution is 5.29. The Morgan fingerprint density at radius 3 is 2.67 bits per heavy atom. The fraction of sp³-hybridized carbons (Fsp3) is 0.200. The zero-order chi connectivity index (χ0) is 13.0. The number of hydrogen-bond acceptors (Lipinski definition) is 2. The van der Waals surface area contributed by atoms with E-state index in [0.29, 0.717) is 17.9 Å². The van der Waals surface area contributed by atoms with Crippen molar-refractivity contribution in [3.8, 4) is 5.75 Å². The summed E-state index contributed by atoms with van der Waals surface area (Å²) < 4.78 is 19.0. The largest absolute Gasteiger partial charge is 0.489 e. The third kappa shape index (κ3) is 3.08. The van der Waals surface area contributed by atoms with Crippen molar-refractivity contribution in [3.05, 3.63) is 65.0 Å². The number of aryl methyl sites for hydroxylation is 1. The van der Waals surface area contributed by atoms with E-state index in [-0.39, 0.29) is 12.4 Å². The zero-order valence-electron chi connectivity index (χ0n) is 10.3. The third-order valence-corrected chi connectivity index (χ3v) is 2.73. The molecule has 0 atom stereocenters. The maximum absolute atomic E-state index is 13.5. The summed E-state index contributed by atoms with van der Waals surface area (Å²) in [6.45, 7) is 2.66. The Hall–Kier alpha value is -1.87. The van der Waals surface area contributed by atoms with Crippen LogP contribution in [-0.2, 0) is 13.2 Å². The summed E-state index contributed by atoms with van der Waals surface area (Å²) in [6, 6.07) is 12.8. The summed E-state index contributed by atoms with van der Waals surface area (Å²) in [7, 11) is 0. The summed E-state index contributed by atoms with van der Waals surface area (Å²) >= 11 is 0. The summed E-state index contributed by atoms with van der Waals surface area (Å²) in [5, 5.41) is 0. The van der Waals surface area contributed by atoms with Gasteiger partial charge in [-0.05, 0) is 18.6 Å². The predicted molar refractivity (Wildman–Crippen MR) is 69.8 cm³/mol. The molecule has 0 bridgehead atoms.